The van der Waals surface area contributed by atoms with Gasteiger partial charge in [-0.3, -0.25) is 0 Å². The maximum Gasteiger partial charge on any atom is 0.112 e. The third kappa shape index (κ3) is 3.87. The van der Waals surface area contributed by atoms with Crippen molar-refractivity contribution in [3.63, 3.8) is 0 Å². The molecule has 0 aromatic carbocycles. The SMILES string of the molecule is CC(C)(C)C1CCCCC1(OOC1CCCCC1)C(C)(C)C. The van der Waals surface area contributed by atoms with Crippen molar-refractivity contribution < 1.29 is 9.78 Å². The highest BCUT2D eigenvalue weighted by atomic mass is 17.2. The van der Waals surface area contributed by atoms with Crippen molar-refractivity contribution in [1.82, 2.24) is 0 Å². The van der Waals surface area contributed by atoms with Crippen LogP contribution in [0.4, 0.5) is 0 Å². The Morgan fingerprint density at radius 1 is 0.773 bits per heavy atom. The van der Waals surface area contributed by atoms with E-state index >= 15 is 0 Å². The Hall–Kier alpha value is -0.0800. The Bertz CT molecular complexity index is 344. The Kier molecular flexibility index (Phi) is 5.65. The molecule has 0 amide bonds. The first-order valence-corrected chi connectivity index (χ1v) is 9.51. The lowest BCUT2D eigenvalue weighted by Crippen LogP contribution is -2.57. The molecule has 22 heavy (non-hydrogen) atoms. The van der Waals surface area contributed by atoms with Crippen molar-refractivity contribution in [3.05, 3.63) is 0 Å². The Balaban J connectivity index is 2.18. The molecule has 130 valence electrons. The molecule has 0 spiro atoms. The Morgan fingerprint density at radius 2 is 1.36 bits per heavy atom. The molecule has 0 saturated heterocycles. The van der Waals surface area contributed by atoms with Gasteiger partial charge in [0.25, 0.3) is 0 Å². The smallest absolute Gasteiger partial charge is 0.112 e. The fourth-order valence-corrected chi connectivity index (χ4v) is 4.71. The summed E-state index contributed by atoms with van der Waals surface area (Å²) in [5.74, 6) is 0.553. The quantitative estimate of drug-likeness (QED) is 0.450. The minimum Gasteiger partial charge on any atom is -0.233 e. The number of rotatable bonds is 3. The van der Waals surface area contributed by atoms with Crippen LogP contribution in [0.5, 0.6) is 0 Å². The molecule has 2 aliphatic rings. The molecular formula is C20H38O2. The van der Waals surface area contributed by atoms with E-state index in [1.165, 1.54) is 51.4 Å². The van der Waals surface area contributed by atoms with E-state index in [9.17, 15) is 0 Å². The molecule has 2 aliphatic carbocycles. The largest absolute Gasteiger partial charge is 0.233 e. The van der Waals surface area contributed by atoms with E-state index in [-0.39, 0.29) is 16.4 Å². The first kappa shape index (κ1) is 18.3. The molecule has 2 nitrogen and oxygen atoms in total. The molecule has 0 bridgehead atoms. The second-order valence-corrected chi connectivity index (χ2v) is 9.74. The molecule has 2 fully saturated rings. The van der Waals surface area contributed by atoms with Gasteiger partial charge in [0.15, 0.2) is 0 Å². The van der Waals surface area contributed by atoms with Gasteiger partial charge >= 0.3 is 0 Å². The predicted octanol–water partition coefficient (Wildman–Crippen LogP) is 6.29. The predicted molar refractivity (Wildman–Crippen MR) is 92.6 cm³/mol. The second kappa shape index (κ2) is 6.81. The third-order valence-electron chi connectivity index (χ3n) is 6.05. The van der Waals surface area contributed by atoms with Gasteiger partial charge in [0.1, 0.15) is 5.60 Å². The van der Waals surface area contributed by atoms with E-state index in [2.05, 4.69) is 41.5 Å². The average molecular weight is 311 g/mol. The van der Waals surface area contributed by atoms with Gasteiger partial charge in [0.2, 0.25) is 0 Å². The van der Waals surface area contributed by atoms with Crippen LogP contribution in [-0.4, -0.2) is 11.7 Å². The molecule has 0 radical (unpaired) electrons. The van der Waals surface area contributed by atoms with Crippen LogP contribution in [0.2, 0.25) is 0 Å². The fraction of sp³-hybridized carbons (Fsp3) is 1.00. The minimum atomic E-state index is -0.152. The van der Waals surface area contributed by atoms with Crippen LogP contribution in [0.3, 0.4) is 0 Å². The molecule has 0 aromatic heterocycles. The Labute approximate surface area is 138 Å². The van der Waals surface area contributed by atoms with Crippen molar-refractivity contribution >= 4 is 0 Å². The zero-order chi connectivity index (χ0) is 16.4. The molecule has 0 heterocycles. The number of hydrogen-bond donors (Lipinski definition) is 0. The molecule has 0 aromatic rings. The van der Waals surface area contributed by atoms with Crippen LogP contribution in [-0.2, 0) is 9.78 Å². The van der Waals surface area contributed by atoms with Crippen LogP contribution >= 0.6 is 0 Å². The van der Waals surface area contributed by atoms with Crippen molar-refractivity contribution in [1.29, 1.82) is 0 Å². The monoisotopic (exact) mass is 310 g/mol. The van der Waals surface area contributed by atoms with Gasteiger partial charge in [0, 0.05) is 0 Å². The van der Waals surface area contributed by atoms with E-state index in [4.69, 9.17) is 9.78 Å². The van der Waals surface area contributed by atoms with Gasteiger partial charge in [-0.05, 0) is 42.4 Å². The standard InChI is InChI=1S/C20H38O2/c1-18(2,3)17-14-10-11-15-20(17,19(4,5)6)22-21-16-12-8-7-9-13-16/h16-17H,7-15H2,1-6H3. The summed E-state index contributed by atoms with van der Waals surface area (Å²) in [4.78, 5) is 12.5. The molecular weight excluding hydrogens is 272 g/mol. The minimum absolute atomic E-state index is 0.0973. The summed E-state index contributed by atoms with van der Waals surface area (Å²) in [7, 11) is 0. The van der Waals surface area contributed by atoms with Crippen LogP contribution in [0.1, 0.15) is 99.3 Å². The summed E-state index contributed by atoms with van der Waals surface area (Å²) in [5, 5.41) is 0. The van der Waals surface area contributed by atoms with Gasteiger partial charge < -0.3 is 0 Å². The van der Waals surface area contributed by atoms with E-state index in [0.29, 0.717) is 12.0 Å². The normalized spacial score (nSPS) is 32.2. The highest BCUT2D eigenvalue weighted by Gasteiger charge is 2.55. The van der Waals surface area contributed by atoms with Gasteiger partial charge in [-0.2, -0.15) is 0 Å². The molecule has 2 saturated carbocycles. The van der Waals surface area contributed by atoms with E-state index < -0.39 is 0 Å². The lowest BCUT2D eigenvalue weighted by Gasteiger charge is -2.55. The highest BCUT2D eigenvalue weighted by molar-refractivity contribution is 5.03. The topological polar surface area (TPSA) is 18.5 Å². The molecule has 2 heteroatoms. The van der Waals surface area contributed by atoms with Crippen LogP contribution < -0.4 is 0 Å². The maximum atomic E-state index is 6.41. The van der Waals surface area contributed by atoms with E-state index in [1.54, 1.807) is 0 Å². The van der Waals surface area contributed by atoms with E-state index in [0.717, 1.165) is 6.42 Å². The summed E-state index contributed by atoms with van der Waals surface area (Å²) in [6, 6.07) is 0. The van der Waals surface area contributed by atoms with Crippen molar-refractivity contribution in [2.45, 2.75) is 111 Å². The van der Waals surface area contributed by atoms with Crippen molar-refractivity contribution in [2.75, 3.05) is 0 Å². The second-order valence-electron chi connectivity index (χ2n) is 9.74. The first-order chi connectivity index (χ1) is 10.2. The summed E-state index contributed by atoms with van der Waals surface area (Å²) >= 11 is 0. The Morgan fingerprint density at radius 3 is 1.91 bits per heavy atom. The fourth-order valence-electron chi connectivity index (χ4n) is 4.71. The zero-order valence-electron chi connectivity index (χ0n) is 15.8. The maximum absolute atomic E-state index is 6.41. The van der Waals surface area contributed by atoms with Gasteiger partial charge in [-0.25, -0.2) is 9.78 Å². The summed E-state index contributed by atoms with van der Waals surface area (Å²) in [6.07, 6.45) is 11.6. The summed E-state index contributed by atoms with van der Waals surface area (Å²) in [5.41, 5.74) is 0.199. The summed E-state index contributed by atoms with van der Waals surface area (Å²) in [6.45, 7) is 14.1. The third-order valence-corrected chi connectivity index (χ3v) is 6.05. The van der Waals surface area contributed by atoms with Gasteiger partial charge in [-0.15, -0.1) is 0 Å². The van der Waals surface area contributed by atoms with Crippen LogP contribution in [0.25, 0.3) is 0 Å². The van der Waals surface area contributed by atoms with Crippen molar-refractivity contribution in [3.8, 4) is 0 Å². The number of hydrogen-bond acceptors (Lipinski definition) is 2. The molecule has 0 N–H and O–H groups in total. The first-order valence-electron chi connectivity index (χ1n) is 9.51. The molecule has 2 unspecified atom stereocenters. The molecule has 0 aliphatic heterocycles. The molecule has 2 atom stereocenters. The average Bonchev–Trinajstić information content (AvgIpc) is 2.44. The van der Waals surface area contributed by atoms with Crippen LogP contribution in [0, 0.1) is 16.7 Å². The van der Waals surface area contributed by atoms with Gasteiger partial charge in [-0.1, -0.05) is 73.6 Å². The highest BCUT2D eigenvalue weighted by Crippen LogP contribution is 2.54. The molecule has 2 rings (SSSR count). The zero-order valence-corrected chi connectivity index (χ0v) is 15.8. The van der Waals surface area contributed by atoms with Gasteiger partial charge in [0.05, 0.1) is 6.10 Å². The lowest BCUT2D eigenvalue weighted by atomic mass is 9.56. The summed E-state index contributed by atoms with van der Waals surface area (Å²) < 4.78 is 0. The van der Waals surface area contributed by atoms with Crippen molar-refractivity contribution in [2.24, 2.45) is 16.7 Å². The van der Waals surface area contributed by atoms with Crippen LogP contribution in [0.15, 0.2) is 0 Å². The van der Waals surface area contributed by atoms with E-state index in [1.807, 2.05) is 0 Å². The lowest BCUT2D eigenvalue weighted by molar-refractivity contribution is -0.427.